The van der Waals surface area contributed by atoms with Crippen LogP contribution in [-0.2, 0) is 28.3 Å². The first kappa shape index (κ1) is 18.4. The molecular weight excluding hydrogens is 352 g/mol. The third kappa shape index (κ3) is 5.01. The fraction of sp³-hybridized carbons (Fsp3) is 0.385. The summed E-state index contributed by atoms with van der Waals surface area (Å²) in [6.45, 7) is 2.21. The normalized spacial score (nSPS) is 12.8. The second kappa shape index (κ2) is 7.73. The van der Waals surface area contributed by atoms with E-state index < -0.39 is 10.0 Å². The van der Waals surface area contributed by atoms with Crippen LogP contribution in [0.5, 0.6) is 0 Å². The monoisotopic (exact) mass is 370 g/mol. The number of thioether (sulfide) groups is 1. The number of carbonyl (C=O) groups excluding carboxylic acids is 1. The van der Waals surface area contributed by atoms with Crippen molar-refractivity contribution in [2.75, 3.05) is 6.54 Å². The largest absolute Gasteiger partial charge is 0.355 e. The topological polar surface area (TPSA) is 133 Å². The highest BCUT2D eigenvalue weighted by atomic mass is 32.2. The van der Waals surface area contributed by atoms with Gasteiger partial charge in [-0.05, 0) is 41.5 Å². The van der Waals surface area contributed by atoms with Crippen molar-refractivity contribution in [2.24, 2.45) is 12.2 Å². The van der Waals surface area contributed by atoms with Gasteiger partial charge in [0.2, 0.25) is 21.1 Å². The number of nitrogens with zero attached hydrogens (tertiary/aromatic N) is 4. The maximum atomic E-state index is 12.1. The number of rotatable bonds is 7. The zero-order chi connectivity index (χ0) is 17.7. The van der Waals surface area contributed by atoms with Gasteiger partial charge >= 0.3 is 0 Å². The van der Waals surface area contributed by atoms with Crippen molar-refractivity contribution in [1.82, 2.24) is 25.5 Å². The number of carbonyl (C=O) groups is 1. The number of hydrogen-bond acceptors (Lipinski definition) is 7. The molecule has 0 saturated heterocycles. The molecule has 0 bridgehead atoms. The summed E-state index contributed by atoms with van der Waals surface area (Å²) >= 11 is 1.27. The van der Waals surface area contributed by atoms with Crippen LogP contribution in [0.2, 0.25) is 0 Å². The van der Waals surface area contributed by atoms with Crippen LogP contribution in [0.25, 0.3) is 0 Å². The summed E-state index contributed by atoms with van der Waals surface area (Å²) in [5, 5.41) is 19.1. The van der Waals surface area contributed by atoms with Crippen LogP contribution >= 0.6 is 11.8 Å². The fourth-order valence-corrected chi connectivity index (χ4v) is 3.15. The summed E-state index contributed by atoms with van der Waals surface area (Å²) in [5.74, 6) is -0.121. The van der Waals surface area contributed by atoms with Crippen LogP contribution in [0.3, 0.4) is 0 Å². The van der Waals surface area contributed by atoms with Gasteiger partial charge in [-0.25, -0.2) is 18.2 Å². The predicted molar refractivity (Wildman–Crippen MR) is 88.6 cm³/mol. The van der Waals surface area contributed by atoms with Gasteiger partial charge in [0.1, 0.15) is 0 Å². The van der Waals surface area contributed by atoms with Crippen molar-refractivity contribution >= 4 is 27.7 Å². The summed E-state index contributed by atoms with van der Waals surface area (Å²) in [6, 6.07) is 6.25. The standard InChI is InChI=1S/C13H18N6O3S2/c1-9(23-13-16-17-18-19(13)2)12(20)15-8-7-10-3-5-11(6-4-10)24(14,21)22/h3-6,9H,7-8H2,1-2H3,(H,15,20)(H2,14,21,22)/t9-/m1/s1. The Kier molecular flexibility index (Phi) is 5.91. The van der Waals surface area contributed by atoms with Crippen LogP contribution in [-0.4, -0.2) is 46.3 Å². The van der Waals surface area contributed by atoms with Crippen LogP contribution in [0.15, 0.2) is 34.3 Å². The van der Waals surface area contributed by atoms with E-state index in [0.29, 0.717) is 18.1 Å². The molecule has 0 radical (unpaired) electrons. The van der Waals surface area contributed by atoms with E-state index >= 15 is 0 Å². The van der Waals surface area contributed by atoms with Gasteiger partial charge in [0.05, 0.1) is 10.1 Å². The minimum absolute atomic E-state index is 0.0672. The highest BCUT2D eigenvalue weighted by Gasteiger charge is 2.17. The second-order valence-electron chi connectivity index (χ2n) is 5.08. The third-order valence-electron chi connectivity index (χ3n) is 3.20. The Hall–Kier alpha value is -1.98. The zero-order valence-corrected chi connectivity index (χ0v) is 14.8. The van der Waals surface area contributed by atoms with Gasteiger partial charge in [0.25, 0.3) is 0 Å². The molecule has 1 amide bonds. The highest BCUT2D eigenvalue weighted by Crippen LogP contribution is 2.19. The number of tetrazole rings is 1. The molecule has 0 aliphatic rings. The molecule has 0 unspecified atom stereocenters. The summed E-state index contributed by atoms with van der Waals surface area (Å²) in [4.78, 5) is 12.1. The molecule has 11 heteroatoms. The molecule has 1 heterocycles. The van der Waals surface area contributed by atoms with Crippen molar-refractivity contribution in [3.63, 3.8) is 0 Å². The van der Waals surface area contributed by atoms with E-state index in [9.17, 15) is 13.2 Å². The smallest absolute Gasteiger partial charge is 0.238 e. The van der Waals surface area contributed by atoms with Gasteiger partial charge in [-0.15, -0.1) is 5.10 Å². The van der Waals surface area contributed by atoms with Gasteiger partial charge < -0.3 is 5.32 Å². The third-order valence-corrected chi connectivity index (χ3v) is 5.25. The van der Waals surface area contributed by atoms with Crippen molar-refractivity contribution in [3.05, 3.63) is 29.8 Å². The van der Waals surface area contributed by atoms with Gasteiger partial charge in [-0.3, -0.25) is 4.79 Å². The van der Waals surface area contributed by atoms with Crippen molar-refractivity contribution < 1.29 is 13.2 Å². The molecule has 9 nitrogen and oxygen atoms in total. The van der Waals surface area contributed by atoms with E-state index in [2.05, 4.69) is 20.8 Å². The number of hydrogen-bond donors (Lipinski definition) is 2. The minimum Gasteiger partial charge on any atom is -0.355 e. The van der Waals surface area contributed by atoms with Crippen molar-refractivity contribution in [1.29, 1.82) is 0 Å². The molecule has 1 aromatic heterocycles. The SMILES string of the molecule is C[C@@H](Sc1nnnn1C)C(=O)NCCc1ccc(S(N)(=O)=O)cc1. The van der Waals surface area contributed by atoms with E-state index in [-0.39, 0.29) is 16.1 Å². The number of aryl methyl sites for hydroxylation is 1. The quantitative estimate of drug-likeness (QED) is 0.639. The van der Waals surface area contributed by atoms with E-state index in [1.807, 2.05) is 0 Å². The number of primary sulfonamides is 1. The summed E-state index contributed by atoms with van der Waals surface area (Å²) in [6.07, 6.45) is 0.583. The molecule has 1 aromatic carbocycles. The number of benzene rings is 1. The second-order valence-corrected chi connectivity index (χ2v) is 7.94. The Morgan fingerprint density at radius 3 is 2.58 bits per heavy atom. The lowest BCUT2D eigenvalue weighted by Crippen LogP contribution is -2.32. The maximum Gasteiger partial charge on any atom is 0.238 e. The van der Waals surface area contributed by atoms with E-state index in [0.717, 1.165) is 5.56 Å². The van der Waals surface area contributed by atoms with Crippen molar-refractivity contribution in [2.45, 2.75) is 28.6 Å². The molecule has 1 atom stereocenters. The average molecular weight is 370 g/mol. The molecule has 0 fully saturated rings. The van der Waals surface area contributed by atoms with E-state index in [1.54, 1.807) is 26.1 Å². The predicted octanol–water partition coefficient (Wildman–Crippen LogP) is -0.303. The molecule has 2 aromatic rings. The molecule has 0 aliphatic heterocycles. The fourth-order valence-electron chi connectivity index (χ4n) is 1.85. The minimum atomic E-state index is -3.68. The molecule has 0 saturated carbocycles. The summed E-state index contributed by atoms with van der Waals surface area (Å²) in [7, 11) is -1.98. The Morgan fingerprint density at radius 2 is 2.04 bits per heavy atom. The Balaban J connectivity index is 1.81. The van der Waals surface area contributed by atoms with E-state index in [4.69, 9.17) is 5.14 Å². The van der Waals surface area contributed by atoms with Gasteiger partial charge in [0, 0.05) is 13.6 Å². The Morgan fingerprint density at radius 1 is 1.38 bits per heavy atom. The highest BCUT2D eigenvalue weighted by molar-refractivity contribution is 8.00. The number of sulfonamides is 1. The molecule has 0 aliphatic carbocycles. The molecule has 3 N–H and O–H groups in total. The first-order valence-corrected chi connectivity index (χ1v) is 9.48. The van der Waals surface area contributed by atoms with E-state index in [1.165, 1.54) is 28.6 Å². The number of aromatic nitrogens is 4. The number of nitrogens with one attached hydrogen (secondary N) is 1. The molecule has 2 rings (SSSR count). The van der Waals surface area contributed by atoms with Crippen LogP contribution in [0.1, 0.15) is 12.5 Å². The van der Waals surface area contributed by atoms with Crippen LogP contribution in [0.4, 0.5) is 0 Å². The van der Waals surface area contributed by atoms with Gasteiger partial charge in [-0.1, -0.05) is 23.9 Å². The van der Waals surface area contributed by atoms with Crippen LogP contribution < -0.4 is 10.5 Å². The molecule has 24 heavy (non-hydrogen) atoms. The summed E-state index contributed by atoms with van der Waals surface area (Å²) in [5.41, 5.74) is 0.903. The first-order chi connectivity index (χ1) is 11.3. The maximum absolute atomic E-state index is 12.1. The molecule has 130 valence electrons. The van der Waals surface area contributed by atoms with Crippen molar-refractivity contribution in [3.8, 4) is 0 Å². The summed E-state index contributed by atoms with van der Waals surface area (Å²) < 4.78 is 23.9. The number of nitrogens with two attached hydrogens (primary N) is 1. The van der Waals surface area contributed by atoms with Gasteiger partial charge in [0.15, 0.2) is 0 Å². The Labute approximate surface area is 144 Å². The Bertz CT molecular complexity index is 803. The lowest BCUT2D eigenvalue weighted by Gasteiger charge is -2.11. The zero-order valence-electron chi connectivity index (χ0n) is 13.2. The average Bonchev–Trinajstić information content (AvgIpc) is 2.92. The lowest BCUT2D eigenvalue weighted by atomic mass is 10.1. The first-order valence-electron chi connectivity index (χ1n) is 7.06. The lowest BCUT2D eigenvalue weighted by molar-refractivity contribution is -0.120. The molecule has 0 spiro atoms. The van der Waals surface area contributed by atoms with Gasteiger partial charge in [-0.2, -0.15) is 0 Å². The van der Waals surface area contributed by atoms with Crippen LogP contribution in [0, 0.1) is 0 Å². The number of amides is 1. The molecular formula is C13H18N6O3S2.